The lowest BCUT2D eigenvalue weighted by Crippen LogP contribution is -2.49. The molecule has 1 heterocycles. The second-order valence-corrected chi connectivity index (χ2v) is 6.93. The molecule has 0 bridgehead atoms. The topological polar surface area (TPSA) is 81.9 Å². The molecule has 154 valence electrons. The number of likely N-dealkylation sites (tertiary alicyclic amines) is 1. The largest absolute Gasteiger partial charge is 0.494 e. The molecule has 1 aliphatic rings. The summed E-state index contributed by atoms with van der Waals surface area (Å²) in [5, 5.41) is 0. The van der Waals surface area contributed by atoms with E-state index in [0.717, 1.165) is 6.07 Å². The van der Waals surface area contributed by atoms with E-state index < -0.39 is 11.7 Å². The molecule has 0 radical (unpaired) electrons. The SMILES string of the molecule is COc1ccc(C(=O)N2CC[C@H](Oc3ccc(F)cc3)[C@@H](CC(N)=O)C2)cc1F. The monoisotopic (exact) mass is 404 g/mol. The number of ether oxygens (including phenoxy) is 2. The maximum Gasteiger partial charge on any atom is 0.253 e. The highest BCUT2D eigenvalue weighted by Crippen LogP contribution is 2.27. The van der Waals surface area contributed by atoms with Gasteiger partial charge < -0.3 is 20.1 Å². The van der Waals surface area contributed by atoms with Crippen LogP contribution in [0, 0.1) is 17.6 Å². The Bertz CT molecular complexity index is 889. The number of halogens is 2. The van der Waals surface area contributed by atoms with Crippen molar-refractivity contribution >= 4 is 11.8 Å². The molecule has 6 nitrogen and oxygen atoms in total. The number of hydrogen-bond donors (Lipinski definition) is 1. The van der Waals surface area contributed by atoms with Crippen molar-refractivity contribution in [3.8, 4) is 11.5 Å². The van der Waals surface area contributed by atoms with E-state index in [1.165, 1.54) is 43.5 Å². The Morgan fingerprint density at radius 3 is 2.52 bits per heavy atom. The fourth-order valence-electron chi connectivity index (χ4n) is 3.47. The molecular weight excluding hydrogens is 382 g/mol. The first-order valence-electron chi connectivity index (χ1n) is 9.20. The second kappa shape index (κ2) is 8.89. The van der Waals surface area contributed by atoms with Gasteiger partial charge in [-0.1, -0.05) is 0 Å². The number of piperidine rings is 1. The molecule has 0 unspecified atom stereocenters. The van der Waals surface area contributed by atoms with Crippen LogP contribution in [0.2, 0.25) is 0 Å². The van der Waals surface area contributed by atoms with E-state index in [1.807, 2.05) is 0 Å². The van der Waals surface area contributed by atoms with Gasteiger partial charge in [0.1, 0.15) is 17.7 Å². The molecule has 2 N–H and O–H groups in total. The van der Waals surface area contributed by atoms with Crippen LogP contribution in [-0.4, -0.2) is 43.0 Å². The van der Waals surface area contributed by atoms with Crippen LogP contribution >= 0.6 is 0 Å². The predicted molar refractivity (Wildman–Crippen MR) is 102 cm³/mol. The van der Waals surface area contributed by atoms with Gasteiger partial charge >= 0.3 is 0 Å². The highest BCUT2D eigenvalue weighted by molar-refractivity contribution is 5.94. The van der Waals surface area contributed by atoms with E-state index in [1.54, 1.807) is 4.90 Å². The van der Waals surface area contributed by atoms with Crippen molar-refractivity contribution in [1.82, 2.24) is 4.90 Å². The van der Waals surface area contributed by atoms with E-state index in [0.29, 0.717) is 18.7 Å². The van der Waals surface area contributed by atoms with E-state index in [9.17, 15) is 18.4 Å². The highest BCUT2D eigenvalue weighted by atomic mass is 19.1. The average Bonchev–Trinajstić information content (AvgIpc) is 2.70. The Labute approximate surface area is 167 Å². The van der Waals surface area contributed by atoms with Crippen LogP contribution in [0.5, 0.6) is 11.5 Å². The number of hydrogen-bond acceptors (Lipinski definition) is 4. The van der Waals surface area contributed by atoms with Gasteiger partial charge in [0.15, 0.2) is 11.6 Å². The van der Waals surface area contributed by atoms with Gasteiger partial charge in [-0.3, -0.25) is 9.59 Å². The smallest absolute Gasteiger partial charge is 0.253 e. The van der Waals surface area contributed by atoms with Gasteiger partial charge in [-0.05, 0) is 42.5 Å². The summed E-state index contributed by atoms with van der Waals surface area (Å²) in [5.74, 6) is -1.66. The molecule has 8 heteroatoms. The summed E-state index contributed by atoms with van der Waals surface area (Å²) < 4.78 is 37.8. The third-order valence-corrected chi connectivity index (χ3v) is 4.91. The van der Waals surface area contributed by atoms with Crippen molar-refractivity contribution in [2.24, 2.45) is 11.7 Å². The van der Waals surface area contributed by atoms with Gasteiger partial charge in [-0.25, -0.2) is 8.78 Å². The minimum atomic E-state index is -0.624. The molecule has 0 saturated carbocycles. The number of amides is 2. The molecule has 0 spiro atoms. The Morgan fingerprint density at radius 1 is 1.17 bits per heavy atom. The maximum atomic E-state index is 14.0. The molecule has 2 atom stereocenters. The number of benzene rings is 2. The minimum Gasteiger partial charge on any atom is -0.494 e. The third kappa shape index (κ3) is 5.01. The quantitative estimate of drug-likeness (QED) is 0.803. The molecule has 1 fully saturated rings. The first kappa shape index (κ1) is 20.6. The third-order valence-electron chi connectivity index (χ3n) is 4.91. The van der Waals surface area contributed by atoms with E-state index in [2.05, 4.69) is 0 Å². The summed E-state index contributed by atoms with van der Waals surface area (Å²) in [6.07, 6.45) is 0.136. The van der Waals surface area contributed by atoms with Crippen molar-refractivity contribution < 1.29 is 27.8 Å². The van der Waals surface area contributed by atoms with Gasteiger partial charge in [0.05, 0.1) is 7.11 Å². The lowest BCUT2D eigenvalue weighted by molar-refractivity contribution is -0.120. The Kier molecular flexibility index (Phi) is 6.31. The van der Waals surface area contributed by atoms with Gasteiger partial charge in [-0.2, -0.15) is 0 Å². The molecule has 0 aromatic heterocycles. The van der Waals surface area contributed by atoms with Gasteiger partial charge in [-0.15, -0.1) is 0 Å². The lowest BCUT2D eigenvalue weighted by atomic mass is 9.90. The van der Waals surface area contributed by atoms with Crippen molar-refractivity contribution in [3.63, 3.8) is 0 Å². The molecule has 1 saturated heterocycles. The summed E-state index contributed by atoms with van der Waals surface area (Å²) in [4.78, 5) is 25.9. The van der Waals surface area contributed by atoms with Crippen LogP contribution in [0.4, 0.5) is 8.78 Å². The van der Waals surface area contributed by atoms with Crippen molar-refractivity contribution in [2.45, 2.75) is 18.9 Å². The zero-order valence-corrected chi connectivity index (χ0v) is 15.9. The predicted octanol–water partition coefficient (Wildman–Crippen LogP) is 2.76. The lowest BCUT2D eigenvalue weighted by Gasteiger charge is -2.38. The molecule has 3 rings (SSSR count). The maximum absolute atomic E-state index is 14.0. The van der Waals surface area contributed by atoms with Crippen LogP contribution in [0.15, 0.2) is 42.5 Å². The molecule has 2 amide bonds. The number of carbonyl (C=O) groups is 2. The first-order valence-corrected chi connectivity index (χ1v) is 9.20. The standard InChI is InChI=1S/C21H22F2N2O4/c1-28-19-7-2-13(10-17(19)23)21(27)25-9-8-18(14(12-25)11-20(24)26)29-16-5-3-15(22)4-6-16/h2-7,10,14,18H,8-9,11-12H2,1H3,(H2,24,26)/t14-,18-/m0/s1. The van der Waals surface area contributed by atoms with Crippen LogP contribution in [0.1, 0.15) is 23.2 Å². The molecule has 1 aliphatic heterocycles. The van der Waals surface area contributed by atoms with Crippen LogP contribution in [-0.2, 0) is 4.79 Å². The van der Waals surface area contributed by atoms with Crippen molar-refractivity contribution in [1.29, 1.82) is 0 Å². The number of nitrogens with two attached hydrogens (primary N) is 1. The highest BCUT2D eigenvalue weighted by Gasteiger charge is 2.34. The van der Waals surface area contributed by atoms with Crippen molar-refractivity contribution in [2.75, 3.05) is 20.2 Å². The first-order chi connectivity index (χ1) is 13.9. The molecule has 29 heavy (non-hydrogen) atoms. The van der Waals surface area contributed by atoms with Gasteiger partial charge in [0.2, 0.25) is 5.91 Å². The van der Waals surface area contributed by atoms with E-state index in [4.69, 9.17) is 15.2 Å². The zero-order chi connectivity index (χ0) is 21.0. The summed E-state index contributed by atoms with van der Waals surface area (Å²) in [7, 11) is 1.35. The fourth-order valence-corrected chi connectivity index (χ4v) is 3.47. The number of primary amides is 1. The number of nitrogens with zero attached hydrogens (tertiary/aromatic N) is 1. The van der Waals surface area contributed by atoms with Crippen LogP contribution in [0.25, 0.3) is 0 Å². The van der Waals surface area contributed by atoms with Gasteiger partial charge in [0.25, 0.3) is 5.91 Å². The Morgan fingerprint density at radius 2 is 1.90 bits per heavy atom. The molecular formula is C21H22F2N2O4. The van der Waals surface area contributed by atoms with Crippen LogP contribution in [0.3, 0.4) is 0 Å². The number of methoxy groups -OCH3 is 1. The molecule has 2 aromatic rings. The fraction of sp³-hybridized carbons (Fsp3) is 0.333. The average molecular weight is 404 g/mol. The molecule has 0 aliphatic carbocycles. The summed E-state index contributed by atoms with van der Waals surface area (Å²) in [6, 6.07) is 9.61. The minimum absolute atomic E-state index is 0.0343. The van der Waals surface area contributed by atoms with E-state index >= 15 is 0 Å². The normalized spacial score (nSPS) is 18.9. The second-order valence-electron chi connectivity index (χ2n) is 6.93. The summed E-state index contributed by atoms with van der Waals surface area (Å²) in [6.45, 7) is 0.606. The summed E-state index contributed by atoms with van der Waals surface area (Å²) >= 11 is 0. The number of carbonyl (C=O) groups excluding carboxylic acids is 2. The number of rotatable bonds is 6. The molecule has 2 aromatic carbocycles. The summed E-state index contributed by atoms with van der Waals surface area (Å²) in [5.41, 5.74) is 5.57. The van der Waals surface area contributed by atoms with Crippen molar-refractivity contribution in [3.05, 3.63) is 59.7 Å². The van der Waals surface area contributed by atoms with E-state index in [-0.39, 0.29) is 48.0 Å². The Balaban J connectivity index is 1.73. The van der Waals surface area contributed by atoms with Crippen LogP contribution < -0.4 is 15.2 Å². The Hall–Kier alpha value is -3.16. The van der Waals surface area contributed by atoms with Gasteiger partial charge in [0, 0.05) is 37.4 Å². The zero-order valence-electron chi connectivity index (χ0n) is 15.9.